The number of nitrogens with zero attached hydrogens (tertiary/aromatic N) is 1. The van der Waals surface area contributed by atoms with Crippen LogP contribution in [0.1, 0.15) is 37.4 Å². The van der Waals surface area contributed by atoms with Gasteiger partial charge in [-0.3, -0.25) is 9.59 Å². The molecule has 0 unspecified atom stereocenters. The second kappa shape index (κ2) is 7.91. The SMILES string of the molecule is N#Cc1ccc(CNC(=O)c2ccccc2C(=O)c2ccccc2)cc1. The van der Waals surface area contributed by atoms with Crippen molar-refractivity contribution in [2.75, 3.05) is 0 Å². The molecule has 0 atom stereocenters. The van der Waals surface area contributed by atoms with Crippen LogP contribution in [-0.2, 0) is 6.54 Å². The number of rotatable bonds is 5. The number of amides is 1. The Bertz CT molecular complexity index is 971. The molecule has 0 aliphatic rings. The summed E-state index contributed by atoms with van der Waals surface area (Å²) in [5, 5.41) is 11.6. The lowest BCUT2D eigenvalue weighted by Gasteiger charge is -2.10. The number of benzene rings is 3. The minimum atomic E-state index is -0.311. The molecule has 4 heteroatoms. The molecule has 3 aromatic rings. The highest BCUT2D eigenvalue weighted by molar-refractivity contribution is 6.15. The van der Waals surface area contributed by atoms with E-state index in [2.05, 4.69) is 11.4 Å². The number of hydrogen-bond donors (Lipinski definition) is 1. The first-order valence-corrected chi connectivity index (χ1v) is 8.15. The Balaban J connectivity index is 1.77. The predicted octanol–water partition coefficient (Wildman–Crippen LogP) is 3.72. The van der Waals surface area contributed by atoms with Crippen molar-refractivity contribution in [3.05, 3.63) is 107 Å². The molecule has 0 aliphatic carbocycles. The number of nitrogens with one attached hydrogen (secondary N) is 1. The van der Waals surface area contributed by atoms with Crippen LogP contribution in [0.25, 0.3) is 0 Å². The van der Waals surface area contributed by atoms with E-state index in [1.807, 2.05) is 6.07 Å². The third-order valence-corrected chi connectivity index (χ3v) is 3.99. The zero-order valence-electron chi connectivity index (χ0n) is 14.0. The van der Waals surface area contributed by atoms with E-state index in [9.17, 15) is 9.59 Å². The smallest absolute Gasteiger partial charge is 0.252 e. The molecule has 4 nitrogen and oxygen atoms in total. The predicted molar refractivity (Wildman–Crippen MR) is 98.6 cm³/mol. The fourth-order valence-corrected chi connectivity index (χ4v) is 2.60. The van der Waals surface area contributed by atoms with E-state index in [-0.39, 0.29) is 11.7 Å². The Morgan fingerprint density at radius 1 is 0.808 bits per heavy atom. The Morgan fingerprint density at radius 2 is 1.42 bits per heavy atom. The van der Waals surface area contributed by atoms with Gasteiger partial charge in [-0.25, -0.2) is 0 Å². The summed E-state index contributed by atoms with van der Waals surface area (Å²) in [6, 6.07) is 24.7. The number of carbonyl (C=O) groups excluding carboxylic acids is 2. The number of hydrogen-bond acceptors (Lipinski definition) is 3. The zero-order valence-corrected chi connectivity index (χ0v) is 14.0. The molecule has 3 rings (SSSR count). The molecular weight excluding hydrogens is 324 g/mol. The van der Waals surface area contributed by atoms with Crippen molar-refractivity contribution in [3.63, 3.8) is 0 Å². The number of carbonyl (C=O) groups is 2. The highest BCUT2D eigenvalue weighted by Crippen LogP contribution is 2.15. The van der Waals surface area contributed by atoms with E-state index in [0.717, 1.165) is 5.56 Å². The third kappa shape index (κ3) is 3.85. The van der Waals surface area contributed by atoms with Gasteiger partial charge in [-0.15, -0.1) is 0 Å². The lowest BCUT2D eigenvalue weighted by atomic mass is 9.98. The van der Waals surface area contributed by atoms with Crippen LogP contribution in [0.5, 0.6) is 0 Å². The average molecular weight is 340 g/mol. The summed E-state index contributed by atoms with van der Waals surface area (Å²) < 4.78 is 0. The molecule has 0 fully saturated rings. The van der Waals surface area contributed by atoms with Crippen LogP contribution in [0.2, 0.25) is 0 Å². The van der Waals surface area contributed by atoms with Gasteiger partial charge < -0.3 is 5.32 Å². The second-order valence-corrected chi connectivity index (χ2v) is 5.73. The van der Waals surface area contributed by atoms with Crippen molar-refractivity contribution in [1.29, 1.82) is 5.26 Å². The van der Waals surface area contributed by atoms with Gasteiger partial charge in [-0.1, -0.05) is 60.7 Å². The van der Waals surface area contributed by atoms with Crippen molar-refractivity contribution >= 4 is 11.7 Å². The molecule has 0 saturated heterocycles. The van der Waals surface area contributed by atoms with E-state index in [1.165, 1.54) is 0 Å². The molecule has 1 N–H and O–H groups in total. The molecular formula is C22H16N2O2. The number of ketones is 1. The van der Waals surface area contributed by atoms with E-state index in [4.69, 9.17) is 5.26 Å². The molecule has 0 bridgehead atoms. The van der Waals surface area contributed by atoms with Gasteiger partial charge in [0, 0.05) is 17.7 Å². The van der Waals surface area contributed by atoms with Gasteiger partial charge in [0.15, 0.2) is 5.78 Å². The van der Waals surface area contributed by atoms with Crippen molar-refractivity contribution in [3.8, 4) is 6.07 Å². The van der Waals surface area contributed by atoms with Crippen molar-refractivity contribution in [1.82, 2.24) is 5.32 Å². The summed E-state index contributed by atoms with van der Waals surface area (Å²) in [7, 11) is 0. The summed E-state index contributed by atoms with van der Waals surface area (Å²) in [4.78, 5) is 25.3. The van der Waals surface area contributed by atoms with E-state index < -0.39 is 0 Å². The Kier molecular flexibility index (Phi) is 5.21. The van der Waals surface area contributed by atoms with Crippen molar-refractivity contribution in [2.45, 2.75) is 6.54 Å². The van der Waals surface area contributed by atoms with Crippen LogP contribution in [-0.4, -0.2) is 11.7 Å². The molecule has 0 aliphatic heterocycles. The van der Waals surface area contributed by atoms with Crippen LogP contribution in [0.15, 0.2) is 78.9 Å². The lowest BCUT2D eigenvalue weighted by Crippen LogP contribution is -2.25. The second-order valence-electron chi connectivity index (χ2n) is 5.73. The zero-order chi connectivity index (χ0) is 18.4. The minimum absolute atomic E-state index is 0.185. The van der Waals surface area contributed by atoms with Crippen LogP contribution in [0.3, 0.4) is 0 Å². The maximum atomic E-state index is 12.7. The maximum absolute atomic E-state index is 12.7. The van der Waals surface area contributed by atoms with Gasteiger partial charge in [0.25, 0.3) is 5.91 Å². The summed E-state index contributed by atoms with van der Waals surface area (Å²) in [5.41, 5.74) is 2.70. The van der Waals surface area contributed by atoms with Gasteiger partial charge >= 0.3 is 0 Å². The van der Waals surface area contributed by atoms with Crippen molar-refractivity contribution < 1.29 is 9.59 Å². The van der Waals surface area contributed by atoms with Gasteiger partial charge in [0.1, 0.15) is 0 Å². The average Bonchev–Trinajstić information content (AvgIpc) is 2.72. The monoisotopic (exact) mass is 340 g/mol. The first-order valence-electron chi connectivity index (χ1n) is 8.15. The molecule has 3 aromatic carbocycles. The normalized spacial score (nSPS) is 9.96. The Hall–Kier alpha value is -3.71. The summed E-state index contributed by atoms with van der Waals surface area (Å²) in [6.45, 7) is 0.318. The Labute approximate surface area is 151 Å². The molecule has 1 amide bonds. The summed E-state index contributed by atoms with van der Waals surface area (Å²) in [5.74, 6) is -0.496. The van der Waals surface area contributed by atoms with Crippen LogP contribution in [0.4, 0.5) is 0 Å². The number of nitriles is 1. The summed E-state index contributed by atoms with van der Waals surface area (Å²) >= 11 is 0. The first-order chi connectivity index (χ1) is 12.7. The van der Waals surface area contributed by atoms with Gasteiger partial charge in [0.2, 0.25) is 0 Å². The van der Waals surface area contributed by atoms with Gasteiger partial charge in [-0.2, -0.15) is 5.26 Å². The van der Waals surface area contributed by atoms with Crippen LogP contribution >= 0.6 is 0 Å². The topological polar surface area (TPSA) is 70.0 Å². The molecule has 0 spiro atoms. The highest BCUT2D eigenvalue weighted by atomic mass is 16.2. The summed E-state index contributed by atoms with van der Waals surface area (Å²) in [6.07, 6.45) is 0. The standard InChI is InChI=1S/C22H16N2O2/c23-14-16-10-12-17(13-11-16)15-24-22(26)20-9-5-4-8-19(20)21(25)18-6-2-1-3-7-18/h1-13H,15H2,(H,24,26). The van der Waals surface area contributed by atoms with Crippen LogP contribution in [0, 0.1) is 11.3 Å². The van der Waals surface area contributed by atoms with E-state index in [0.29, 0.717) is 28.8 Å². The molecule has 0 saturated carbocycles. The van der Waals surface area contributed by atoms with Gasteiger partial charge in [0.05, 0.1) is 17.2 Å². The maximum Gasteiger partial charge on any atom is 0.252 e. The lowest BCUT2D eigenvalue weighted by molar-refractivity contribution is 0.0939. The minimum Gasteiger partial charge on any atom is -0.348 e. The molecule has 0 radical (unpaired) electrons. The molecule has 0 heterocycles. The van der Waals surface area contributed by atoms with Gasteiger partial charge in [-0.05, 0) is 23.8 Å². The first kappa shape index (κ1) is 17.1. The fraction of sp³-hybridized carbons (Fsp3) is 0.0455. The quantitative estimate of drug-likeness (QED) is 0.720. The highest BCUT2D eigenvalue weighted by Gasteiger charge is 2.17. The largest absolute Gasteiger partial charge is 0.348 e. The van der Waals surface area contributed by atoms with E-state index >= 15 is 0 Å². The molecule has 126 valence electrons. The third-order valence-electron chi connectivity index (χ3n) is 3.99. The Morgan fingerprint density at radius 3 is 2.08 bits per heavy atom. The molecule has 0 aromatic heterocycles. The van der Waals surface area contributed by atoms with Crippen LogP contribution < -0.4 is 5.32 Å². The molecule has 26 heavy (non-hydrogen) atoms. The fourth-order valence-electron chi connectivity index (χ4n) is 2.60. The van der Waals surface area contributed by atoms with E-state index in [1.54, 1.807) is 72.8 Å². The van der Waals surface area contributed by atoms with Crippen molar-refractivity contribution in [2.24, 2.45) is 0 Å².